The van der Waals surface area contributed by atoms with E-state index in [1.165, 1.54) is 10.5 Å². The van der Waals surface area contributed by atoms with Gasteiger partial charge in [-0.15, -0.1) is 0 Å². The molecule has 0 saturated carbocycles. The molecule has 0 aliphatic carbocycles. The molecule has 2 aromatic heterocycles. The normalized spacial score (nSPS) is 15.8. The Labute approximate surface area is 128 Å². The summed E-state index contributed by atoms with van der Waals surface area (Å²) in [5.74, 6) is 0. The lowest BCUT2D eigenvalue weighted by Gasteiger charge is -2.26. The van der Waals surface area contributed by atoms with Gasteiger partial charge >= 0.3 is 0 Å². The number of aromatic amines is 1. The van der Waals surface area contributed by atoms with Crippen LogP contribution < -0.4 is 0 Å². The number of aromatic nitrogens is 2. The average Bonchev–Trinajstić information content (AvgIpc) is 2.93. The van der Waals surface area contributed by atoms with Crippen molar-refractivity contribution in [1.82, 2.24) is 14.3 Å². The number of nitrogens with zero attached hydrogens (tertiary/aromatic N) is 2. The maximum absolute atomic E-state index is 12.7. The lowest BCUT2D eigenvalue weighted by molar-refractivity contribution is 0.391. The summed E-state index contributed by atoms with van der Waals surface area (Å²) < 4.78 is 27.0. The monoisotopic (exact) mass is 313 g/mol. The van der Waals surface area contributed by atoms with Gasteiger partial charge in [-0.1, -0.05) is 18.2 Å². The average molecular weight is 313 g/mol. The van der Waals surface area contributed by atoms with Crippen LogP contribution in [0.3, 0.4) is 0 Å². The van der Waals surface area contributed by atoms with Crippen LogP contribution in [0.1, 0.15) is 11.3 Å². The lowest BCUT2D eigenvalue weighted by Crippen LogP contribution is -2.35. The zero-order valence-electron chi connectivity index (χ0n) is 11.9. The van der Waals surface area contributed by atoms with Gasteiger partial charge in [-0.2, -0.15) is 4.31 Å². The van der Waals surface area contributed by atoms with Crippen LogP contribution in [0.25, 0.3) is 10.9 Å². The molecule has 3 aromatic rings. The van der Waals surface area contributed by atoms with Gasteiger partial charge < -0.3 is 4.98 Å². The summed E-state index contributed by atoms with van der Waals surface area (Å²) in [5, 5.41) is 1.10. The molecule has 0 spiro atoms. The van der Waals surface area contributed by atoms with Gasteiger partial charge in [0.05, 0.1) is 0 Å². The number of hydrogen-bond acceptors (Lipinski definition) is 3. The first-order valence-corrected chi connectivity index (χ1v) is 8.59. The van der Waals surface area contributed by atoms with Crippen molar-refractivity contribution < 1.29 is 8.42 Å². The lowest BCUT2D eigenvalue weighted by atomic mass is 10.1. The topological polar surface area (TPSA) is 66.1 Å². The van der Waals surface area contributed by atoms with E-state index >= 15 is 0 Å². The van der Waals surface area contributed by atoms with Crippen LogP contribution >= 0.6 is 0 Å². The number of rotatable bonds is 2. The maximum atomic E-state index is 12.7. The maximum Gasteiger partial charge on any atom is 0.244 e. The number of fused-ring (bicyclic) bond motifs is 3. The van der Waals surface area contributed by atoms with Crippen molar-refractivity contribution in [2.24, 2.45) is 0 Å². The number of hydrogen-bond donors (Lipinski definition) is 1. The first-order chi connectivity index (χ1) is 10.7. The fourth-order valence-corrected chi connectivity index (χ4v) is 4.37. The second-order valence-corrected chi connectivity index (χ2v) is 7.34. The van der Waals surface area contributed by atoms with Crippen LogP contribution in [0.5, 0.6) is 0 Å². The Bertz CT molecular complexity index is 932. The summed E-state index contributed by atoms with van der Waals surface area (Å²) in [7, 11) is -3.49. The van der Waals surface area contributed by atoms with Crippen molar-refractivity contribution >= 4 is 20.9 Å². The smallest absolute Gasteiger partial charge is 0.244 e. The van der Waals surface area contributed by atoms with Gasteiger partial charge in [0.1, 0.15) is 4.90 Å². The van der Waals surface area contributed by atoms with Gasteiger partial charge in [-0.25, -0.2) is 8.42 Å². The fourth-order valence-electron chi connectivity index (χ4n) is 3.00. The minimum Gasteiger partial charge on any atom is -0.358 e. The number of nitrogens with one attached hydrogen (secondary N) is 1. The Kier molecular flexibility index (Phi) is 3.02. The minimum atomic E-state index is -3.49. The van der Waals surface area contributed by atoms with E-state index in [-0.39, 0.29) is 4.90 Å². The molecule has 1 aromatic carbocycles. The molecule has 0 bridgehead atoms. The third kappa shape index (κ3) is 2.03. The van der Waals surface area contributed by atoms with Crippen LogP contribution in [-0.2, 0) is 23.0 Å². The van der Waals surface area contributed by atoms with Crippen LogP contribution in [-0.4, -0.2) is 29.2 Å². The van der Waals surface area contributed by atoms with E-state index in [1.54, 1.807) is 18.3 Å². The van der Waals surface area contributed by atoms with E-state index in [0.717, 1.165) is 22.2 Å². The van der Waals surface area contributed by atoms with Crippen molar-refractivity contribution in [3.63, 3.8) is 0 Å². The van der Waals surface area contributed by atoms with Gasteiger partial charge in [0, 0.05) is 48.5 Å². The predicted molar refractivity (Wildman–Crippen MR) is 83.8 cm³/mol. The van der Waals surface area contributed by atoms with E-state index in [0.29, 0.717) is 19.5 Å². The van der Waals surface area contributed by atoms with Crippen molar-refractivity contribution in [1.29, 1.82) is 0 Å². The van der Waals surface area contributed by atoms with Crippen LogP contribution in [0.2, 0.25) is 0 Å². The second-order valence-electron chi connectivity index (χ2n) is 5.41. The van der Waals surface area contributed by atoms with Crippen molar-refractivity contribution in [2.75, 3.05) is 6.54 Å². The molecule has 0 fully saturated rings. The van der Waals surface area contributed by atoms with Crippen molar-refractivity contribution in [3.05, 3.63) is 60.0 Å². The third-order valence-electron chi connectivity index (χ3n) is 4.12. The van der Waals surface area contributed by atoms with E-state index in [9.17, 15) is 8.42 Å². The second kappa shape index (κ2) is 4.93. The van der Waals surface area contributed by atoms with Gasteiger partial charge in [0.15, 0.2) is 0 Å². The summed E-state index contributed by atoms with van der Waals surface area (Å²) in [6.07, 6.45) is 3.68. The number of para-hydroxylation sites is 1. The standard InChI is InChI=1S/C16H15N3O2S/c20-22(21,12-4-3-8-17-10-12)19-9-7-16-14(11-19)13-5-1-2-6-15(13)18-16/h1-6,8,10,18H,7,9,11H2. The van der Waals surface area contributed by atoms with Gasteiger partial charge in [0.25, 0.3) is 0 Å². The molecule has 0 amide bonds. The predicted octanol–water partition coefficient (Wildman–Crippen LogP) is 2.31. The first-order valence-electron chi connectivity index (χ1n) is 7.15. The largest absolute Gasteiger partial charge is 0.358 e. The number of benzene rings is 1. The zero-order chi connectivity index (χ0) is 15.2. The molecule has 5 nitrogen and oxygen atoms in total. The highest BCUT2D eigenvalue weighted by molar-refractivity contribution is 7.89. The molecular formula is C16H15N3O2S. The number of pyridine rings is 1. The molecule has 1 aliphatic rings. The SMILES string of the molecule is O=S(=O)(c1cccnc1)N1CCc2[nH]c3ccccc3c2C1. The highest BCUT2D eigenvalue weighted by Gasteiger charge is 2.30. The van der Waals surface area contributed by atoms with E-state index in [1.807, 2.05) is 24.3 Å². The quantitative estimate of drug-likeness (QED) is 0.789. The Balaban J connectivity index is 1.76. The summed E-state index contributed by atoms with van der Waals surface area (Å²) in [4.78, 5) is 7.56. The molecule has 4 rings (SSSR count). The molecule has 0 unspecified atom stereocenters. The Morgan fingerprint density at radius 3 is 2.82 bits per heavy atom. The molecule has 1 aliphatic heterocycles. The summed E-state index contributed by atoms with van der Waals surface area (Å²) >= 11 is 0. The van der Waals surface area contributed by atoms with Crippen LogP contribution in [0.15, 0.2) is 53.7 Å². The molecule has 0 atom stereocenters. The molecule has 0 saturated heterocycles. The first kappa shape index (κ1) is 13.5. The van der Waals surface area contributed by atoms with Gasteiger partial charge in [-0.3, -0.25) is 4.98 Å². The molecule has 0 radical (unpaired) electrons. The van der Waals surface area contributed by atoms with E-state index in [4.69, 9.17) is 0 Å². The summed E-state index contributed by atoms with van der Waals surface area (Å²) in [6, 6.07) is 11.2. The molecule has 3 heterocycles. The fraction of sp³-hybridized carbons (Fsp3) is 0.188. The molecule has 6 heteroatoms. The third-order valence-corrected chi connectivity index (χ3v) is 5.95. The number of sulfonamides is 1. The molecule has 1 N–H and O–H groups in total. The Morgan fingerprint density at radius 1 is 1.14 bits per heavy atom. The van der Waals surface area contributed by atoms with E-state index in [2.05, 4.69) is 9.97 Å². The Hall–Kier alpha value is -2.18. The van der Waals surface area contributed by atoms with E-state index < -0.39 is 10.0 Å². The number of H-pyrrole nitrogens is 1. The molecule has 112 valence electrons. The van der Waals surface area contributed by atoms with Gasteiger partial charge in [-0.05, 0) is 23.8 Å². The summed E-state index contributed by atoms with van der Waals surface area (Å²) in [6.45, 7) is 0.883. The Morgan fingerprint density at radius 2 is 2.00 bits per heavy atom. The molecular weight excluding hydrogens is 298 g/mol. The highest BCUT2D eigenvalue weighted by Crippen LogP contribution is 2.30. The molecule has 22 heavy (non-hydrogen) atoms. The van der Waals surface area contributed by atoms with Crippen LogP contribution in [0.4, 0.5) is 0 Å². The zero-order valence-corrected chi connectivity index (χ0v) is 12.7. The van der Waals surface area contributed by atoms with Gasteiger partial charge in [0.2, 0.25) is 10.0 Å². The summed E-state index contributed by atoms with van der Waals surface area (Å²) in [5.41, 5.74) is 3.28. The highest BCUT2D eigenvalue weighted by atomic mass is 32.2. The van der Waals surface area contributed by atoms with Crippen molar-refractivity contribution in [2.45, 2.75) is 17.9 Å². The van der Waals surface area contributed by atoms with Crippen molar-refractivity contribution in [3.8, 4) is 0 Å². The minimum absolute atomic E-state index is 0.248. The van der Waals surface area contributed by atoms with Crippen LogP contribution in [0, 0.1) is 0 Å².